The number of fused-ring (bicyclic) bond motifs is 1. The standard InChI is InChI=1S/C16H19NO3/c1-3-10(14-13(4-2)20-14)9-17-15(18)11-7-5-6-8-12(11)16(17)19/h5-8,10,13-14H,3-4,9H2,1-2H3. The minimum Gasteiger partial charge on any atom is -0.369 e. The molecule has 0 radical (unpaired) electrons. The van der Waals surface area contributed by atoms with Gasteiger partial charge in [0.2, 0.25) is 0 Å². The van der Waals surface area contributed by atoms with E-state index in [2.05, 4.69) is 13.8 Å². The van der Waals surface area contributed by atoms with Crippen molar-refractivity contribution in [2.45, 2.75) is 38.9 Å². The summed E-state index contributed by atoms with van der Waals surface area (Å²) < 4.78 is 5.63. The first kappa shape index (κ1) is 13.3. The molecule has 2 aliphatic rings. The third-order valence-electron chi connectivity index (χ3n) is 4.31. The maximum atomic E-state index is 12.3. The number of rotatable bonds is 5. The number of carbonyl (C=O) groups is 2. The Hall–Kier alpha value is -1.68. The van der Waals surface area contributed by atoms with Crippen molar-refractivity contribution in [3.63, 3.8) is 0 Å². The smallest absolute Gasteiger partial charge is 0.261 e. The Morgan fingerprint density at radius 2 is 1.75 bits per heavy atom. The molecule has 2 amide bonds. The maximum absolute atomic E-state index is 12.3. The monoisotopic (exact) mass is 273 g/mol. The van der Waals surface area contributed by atoms with Crippen LogP contribution < -0.4 is 0 Å². The number of imide groups is 1. The Labute approximate surface area is 118 Å². The lowest BCUT2D eigenvalue weighted by molar-refractivity contribution is 0.0619. The van der Waals surface area contributed by atoms with Gasteiger partial charge in [0.25, 0.3) is 11.8 Å². The molecular weight excluding hydrogens is 254 g/mol. The van der Waals surface area contributed by atoms with Crippen LogP contribution in [0.2, 0.25) is 0 Å². The van der Waals surface area contributed by atoms with E-state index in [4.69, 9.17) is 4.74 Å². The topological polar surface area (TPSA) is 49.9 Å². The fourth-order valence-corrected chi connectivity index (χ4v) is 3.00. The quantitative estimate of drug-likeness (QED) is 0.611. The number of epoxide rings is 1. The maximum Gasteiger partial charge on any atom is 0.261 e. The molecular formula is C16H19NO3. The van der Waals surface area contributed by atoms with Crippen molar-refractivity contribution < 1.29 is 14.3 Å². The van der Waals surface area contributed by atoms with E-state index in [1.54, 1.807) is 24.3 Å². The Kier molecular flexibility index (Phi) is 3.34. The van der Waals surface area contributed by atoms with Gasteiger partial charge in [-0.3, -0.25) is 14.5 Å². The summed E-state index contributed by atoms with van der Waals surface area (Å²) in [5.74, 6) is -0.0994. The third kappa shape index (κ3) is 2.04. The number of hydrogen-bond donors (Lipinski definition) is 0. The van der Waals surface area contributed by atoms with E-state index in [-0.39, 0.29) is 23.8 Å². The van der Waals surface area contributed by atoms with E-state index in [1.807, 2.05) is 0 Å². The van der Waals surface area contributed by atoms with Gasteiger partial charge >= 0.3 is 0 Å². The zero-order valence-corrected chi connectivity index (χ0v) is 11.8. The Morgan fingerprint density at radius 3 is 2.20 bits per heavy atom. The summed E-state index contributed by atoms with van der Waals surface area (Å²) in [6.07, 6.45) is 2.40. The number of carbonyl (C=O) groups excluding carboxylic acids is 2. The normalized spacial score (nSPS) is 25.8. The highest BCUT2D eigenvalue weighted by molar-refractivity contribution is 6.21. The predicted octanol–water partition coefficient (Wildman–Crippen LogP) is 2.49. The van der Waals surface area contributed by atoms with Gasteiger partial charge in [-0.05, 0) is 25.0 Å². The van der Waals surface area contributed by atoms with E-state index >= 15 is 0 Å². The summed E-state index contributed by atoms with van der Waals surface area (Å²) in [6.45, 7) is 4.64. The number of benzene rings is 1. The summed E-state index contributed by atoms with van der Waals surface area (Å²) in [5, 5.41) is 0. The summed E-state index contributed by atoms with van der Waals surface area (Å²) >= 11 is 0. The molecule has 1 saturated heterocycles. The molecule has 2 aliphatic heterocycles. The van der Waals surface area contributed by atoms with E-state index in [0.29, 0.717) is 23.8 Å². The summed E-state index contributed by atoms with van der Waals surface area (Å²) in [6, 6.07) is 7.03. The van der Waals surface area contributed by atoms with Gasteiger partial charge in [-0.2, -0.15) is 0 Å². The second-order valence-corrected chi connectivity index (χ2v) is 5.48. The van der Waals surface area contributed by atoms with Crippen LogP contribution in [0.3, 0.4) is 0 Å². The first-order valence-corrected chi connectivity index (χ1v) is 7.28. The molecule has 0 saturated carbocycles. The minimum atomic E-state index is -0.169. The van der Waals surface area contributed by atoms with E-state index in [1.165, 1.54) is 4.90 Å². The minimum absolute atomic E-state index is 0.169. The lowest BCUT2D eigenvalue weighted by atomic mass is 9.98. The van der Waals surface area contributed by atoms with Gasteiger partial charge in [0.15, 0.2) is 0 Å². The summed E-state index contributed by atoms with van der Waals surface area (Å²) in [4.78, 5) is 26.0. The van der Waals surface area contributed by atoms with Crippen LogP contribution >= 0.6 is 0 Å². The number of nitrogens with zero attached hydrogens (tertiary/aromatic N) is 1. The van der Waals surface area contributed by atoms with Crippen LogP contribution in [0, 0.1) is 5.92 Å². The molecule has 0 aromatic heterocycles. The van der Waals surface area contributed by atoms with Gasteiger partial charge in [0.1, 0.15) is 0 Å². The van der Waals surface area contributed by atoms with E-state index < -0.39 is 0 Å². The first-order chi connectivity index (χ1) is 9.67. The number of amides is 2. The average molecular weight is 273 g/mol. The van der Waals surface area contributed by atoms with E-state index in [0.717, 1.165) is 12.8 Å². The molecule has 20 heavy (non-hydrogen) atoms. The fraction of sp³-hybridized carbons (Fsp3) is 0.500. The Morgan fingerprint density at radius 1 is 1.15 bits per heavy atom. The molecule has 3 unspecified atom stereocenters. The molecule has 1 aromatic rings. The van der Waals surface area contributed by atoms with Crippen LogP contribution in [0.4, 0.5) is 0 Å². The van der Waals surface area contributed by atoms with Gasteiger partial charge in [0, 0.05) is 12.5 Å². The molecule has 3 rings (SSSR count). The van der Waals surface area contributed by atoms with E-state index in [9.17, 15) is 9.59 Å². The zero-order chi connectivity index (χ0) is 14.3. The molecule has 4 heteroatoms. The zero-order valence-electron chi connectivity index (χ0n) is 11.8. The summed E-state index contributed by atoms with van der Waals surface area (Å²) in [5.41, 5.74) is 1.05. The second-order valence-electron chi connectivity index (χ2n) is 5.48. The highest BCUT2D eigenvalue weighted by Gasteiger charge is 2.45. The van der Waals surface area contributed by atoms with Crippen molar-refractivity contribution >= 4 is 11.8 Å². The lowest BCUT2D eigenvalue weighted by Crippen LogP contribution is -2.36. The van der Waals surface area contributed by atoms with Crippen LogP contribution in [-0.2, 0) is 4.74 Å². The molecule has 1 aromatic carbocycles. The molecule has 0 aliphatic carbocycles. The number of ether oxygens (including phenoxy) is 1. The van der Waals surface area contributed by atoms with Crippen LogP contribution in [0.1, 0.15) is 47.4 Å². The van der Waals surface area contributed by atoms with Gasteiger partial charge in [-0.25, -0.2) is 0 Å². The predicted molar refractivity (Wildman–Crippen MR) is 74.5 cm³/mol. The van der Waals surface area contributed by atoms with Gasteiger partial charge in [-0.1, -0.05) is 26.0 Å². The average Bonchev–Trinajstić information content (AvgIpc) is 3.22. The molecule has 0 bridgehead atoms. The summed E-state index contributed by atoms with van der Waals surface area (Å²) in [7, 11) is 0. The Balaban J connectivity index is 1.76. The first-order valence-electron chi connectivity index (χ1n) is 7.28. The van der Waals surface area contributed by atoms with Crippen molar-refractivity contribution in [2.75, 3.05) is 6.54 Å². The van der Waals surface area contributed by atoms with Crippen molar-refractivity contribution in [2.24, 2.45) is 5.92 Å². The van der Waals surface area contributed by atoms with Crippen molar-refractivity contribution in [3.8, 4) is 0 Å². The van der Waals surface area contributed by atoms with Crippen molar-refractivity contribution in [3.05, 3.63) is 35.4 Å². The van der Waals surface area contributed by atoms with Crippen LogP contribution in [0.15, 0.2) is 24.3 Å². The third-order valence-corrected chi connectivity index (χ3v) is 4.31. The highest BCUT2D eigenvalue weighted by atomic mass is 16.6. The lowest BCUT2D eigenvalue weighted by Gasteiger charge is -2.20. The molecule has 4 nitrogen and oxygen atoms in total. The van der Waals surface area contributed by atoms with Gasteiger partial charge < -0.3 is 4.74 Å². The molecule has 106 valence electrons. The molecule has 0 spiro atoms. The Bertz CT molecular complexity index is 519. The van der Waals surface area contributed by atoms with Crippen molar-refractivity contribution in [1.29, 1.82) is 0 Å². The highest BCUT2D eigenvalue weighted by Crippen LogP contribution is 2.35. The van der Waals surface area contributed by atoms with Gasteiger partial charge in [0.05, 0.1) is 23.3 Å². The van der Waals surface area contributed by atoms with Crippen LogP contribution in [-0.4, -0.2) is 35.5 Å². The van der Waals surface area contributed by atoms with Crippen LogP contribution in [0.5, 0.6) is 0 Å². The van der Waals surface area contributed by atoms with Crippen molar-refractivity contribution in [1.82, 2.24) is 4.90 Å². The second kappa shape index (κ2) is 5.02. The van der Waals surface area contributed by atoms with Crippen LogP contribution in [0.25, 0.3) is 0 Å². The molecule has 1 fully saturated rings. The molecule has 3 atom stereocenters. The molecule has 2 heterocycles. The molecule has 0 N–H and O–H groups in total. The van der Waals surface area contributed by atoms with Gasteiger partial charge in [-0.15, -0.1) is 0 Å². The number of hydrogen-bond acceptors (Lipinski definition) is 3. The SMILES string of the molecule is CCC(CN1C(=O)c2ccccc2C1=O)C1OC1CC. The fourth-order valence-electron chi connectivity index (χ4n) is 3.00. The largest absolute Gasteiger partial charge is 0.369 e.